The molecule has 0 amide bonds. The SMILES string of the molecule is C=Cc1ccc(C(=O)OC(CC)OCC)cc1. The third kappa shape index (κ3) is 4.04. The highest BCUT2D eigenvalue weighted by molar-refractivity contribution is 5.89. The number of carbonyl (C=O) groups excluding carboxylic acids is 1. The van der Waals surface area contributed by atoms with E-state index in [-0.39, 0.29) is 5.97 Å². The van der Waals surface area contributed by atoms with Crippen LogP contribution in [0.3, 0.4) is 0 Å². The standard InChI is InChI=1S/C14H18O3/c1-4-11-7-9-12(10-8-11)14(15)17-13(5-2)16-6-3/h4,7-10,13H,1,5-6H2,2-3H3. The third-order valence-electron chi connectivity index (χ3n) is 2.31. The van der Waals surface area contributed by atoms with Crippen molar-refractivity contribution in [2.24, 2.45) is 0 Å². The average Bonchev–Trinajstić information content (AvgIpc) is 2.38. The third-order valence-corrected chi connectivity index (χ3v) is 2.31. The molecule has 3 nitrogen and oxygen atoms in total. The molecular formula is C14H18O3. The van der Waals surface area contributed by atoms with Gasteiger partial charge in [-0.05, 0) is 24.6 Å². The lowest BCUT2D eigenvalue weighted by atomic mass is 10.1. The van der Waals surface area contributed by atoms with E-state index in [0.717, 1.165) is 5.56 Å². The van der Waals surface area contributed by atoms with Crippen LogP contribution < -0.4 is 0 Å². The second kappa shape index (κ2) is 6.86. The first-order chi connectivity index (χ1) is 8.21. The van der Waals surface area contributed by atoms with E-state index >= 15 is 0 Å². The van der Waals surface area contributed by atoms with E-state index in [1.54, 1.807) is 18.2 Å². The topological polar surface area (TPSA) is 35.5 Å². The molecule has 0 N–H and O–H groups in total. The zero-order chi connectivity index (χ0) is 12.7. The fourth-order valence-electron chi connectivity index (χ4n) is 1.36. The van der Waals surface area contributed by atoms with Crippen LogP contribution in [0.4, 0.5) is 0 Å². The van der Waals surface area contributed by atoms with Gasteiger partial charge < -0.3 is 9.47 Å². The van der Waals surface area contributed by atoms with Crippen LogP contribution in [-0.2, 0) is 9.47 Å². The number of carbonyl (C=O) groups is 1. The maximum atomic E-state index is 11.8. The second-order valence-corrected chi connectivity index (χ2v) is 3.52. The second-order valence-electron chi connectivity index (χ2n) is 3.52. The molecule has 0 aliphatic heterocycles. The van der Waals surface area contributed by atoms with Gasteiger partial charge in [-0.3, -0.25) is 0 Å². The van der Waals surface area contributed by atoms with Crippen LogP contribution in [0.2, 0.25) is 0 Å². The molecule has 0 radical (unpaired) electrons. The Hall–Kier alpha value is -1.61. The molecule has 0 heterocycles. The Labute approximate surface area is 102 Å². The molecule has 1 aromatic rings. The molecule has 3 heteroatoms. The molecule has 1 rings (SSSR count). The highest BCUT2D eigenvalue weighted by Crippen LogP contribution is 2.10. The van der Waals surface area contributed by atoms with Gasteiger partial charge in [0.1, 0.15) is 0 Å². The molecule has 1 unspecified atom stereocenters. The van der Waals surface area contributed by atoms with Gasteiger partial charge >= 0.3 is 5.97 Å². The molecular weight excluding hydrogens is 216 g/mol. The Bertz CT molecular complexity index is 368. The number of benzene rings is 1. The fourth-order valence-corrected chi connectivity index (χ4v) is 1.36. The van der Waals surface area contributed by atoms with Crippen molar-refractivity contribution in [3.05, 3.63) is 42.0 Å². The van der Waals surface area contributed by atoms with Crippen LogP contribution in [0.15, 0.2) is 30.8 Å². The summed E-state index contributed by atoms with van der Waals surface area (Å²) >= 11 is 0. The Morgan fingerprint density at radius 3 is 2.47 bits per heavy atom. The predicted molar refractivity (Wildman–Crippen MR) is 67.7 cm³/mol. The van der Waals surface area contributed by atoms with Crippen molar-refractivity contribution in [3.63, 3.8) is 0 Å². The minimum Gasteiger partial charge on any atom is -0.432 e. The molecule has 1 aromatic carbocycles. The number of hydrogen-bond acceptors (Lipinski definition) is 3. The van der Waals surface area contributed by atoms with Crippen LogP contribution in [0.25, 0.3) is 6.08 Å². The molecule has 0 aliphatic rings. The van der Waals surface area contributed by atoms with E-state index in [1.807, 2.05) is 26.0 Å². The molecule has 0 aromatic heterocycles. The van der Waals surface area contributed by atoms with Crippen molar-refractivity contribution in [3.8, 4) is 0 Å². The van der Waals surface area contributed by atoms with Gasteiger partial charge in [-0.1, -0.05) is 31.7 Å². The van der Waals surface area contributed by atoms with E-state index in [1.165, 1.54) is 0 Å². The van der Waals surface area contributed by atoms with Crippen LogP contribution in [0.5, 0.6) is 0 Å². The summed E-state index contributed by atoms with van der Waals surface area (Å²) in [4.78, 5) is 11.8. The lowest BCUT2D eigenvalue weighted by Crippen LogP contribution is -2.20. The summed E-state index contributed by atoms with van der Waals surface area (Å²) in [6.07, 6.45) is 1.90. The lowest BCUT2D eigenvalue weighted by molar-refractivity contribution is -0.107. The van der Waals surface area contributed by atoms with Gasteiger partial charge in [-0.25, -0.2) is 4.79 Å². The first-order valence-electron chi connectivity index (χ1n) is 5.76. The maximum absolute atomic E-state index is 11.8. The van der Waals surface area contributed by atoms with Crippen LogP contribution in [0.1, 0.15) is 36.2 Å². The summed E-state index contributed by atoms with van der Waals surface area (Å²) in [5, 5.41) is 0. The van der Waals surface area contributed by atoms with Gasteiger partial charge in [-0.2, -0.15) is 0 Å². The van der Waals surface area contributed by atoms with Crippen molar-refractivity contribution < 1.29 is 14.3 Å². The van der Waals surface area contributed by atoms with Crippen LogP contribution in [-0.4, -0.2) is 18.9 Å². The lowest BCUT2D eigenvalue weighted by Gasteiger charge is -2.15. The summed E-state index contributed by atoms with van der Waals surface area (Å²) in [6, 6.07) is 7.09. The highest BCUT2D eigenvalue weighted by Gasteiger charge is 2.13. The minimum atomic E-state index is -0.466. The molecule has 92 valence electrons. The Kier molecular flexibility index (Phi) is 5.43. The monoisotopic (exact) mass is 234 g/mol. The van der Waals surface area contributed by atoms with E-state index < -0.39 is 6.29 Å². The first kappa shape index (κ1) is 13.5. The Morgan fingerprint density at radius 2 is 2.00 bits per heavy atom. The van der Waals surface area contributed by atoms with Crippen molar-refractivity contribution in [1.82, 2.24) is 0 Å². The van der Waals surface area contributed by atoms with E-state index in [9.17, 15) is 4.79 Å². The zero-order valence-corrected chi connectivity index (χ0v) is 10.3. The molecule has 0 spiro atoms. The number of esters is 1. The van der Waals surface area contributed by atoms with Gasteiger partial charge in [0.25, 0.3) is 0 Å². The highest BCUT2D eigenvalue weighted by atomic mass is 16.7. The molecule has 0 bridgehead atoms. The summed E-state index contributed by atoms with van der Waals surface area (Å²) in [5.41, 5.74) is 1.49. The van der Waals surface area contributed by atoms with E-state index in [0.29, 0.717) is 18.6 Å². The predicted octanol–water partition coefficient (Wildman–Crippen LogP) is 3.26. The normalized spacial score (nSPS) is 11.9. The smallest absolute Gasteiger partial charge is 0.340 e. The molecule has 0 aliphatic carbocycles. The van der Waals surface area contributed by atoms with Gasteiger partial charge in [0.05, 0.1) is 5.56 Å². The van der Waals surface area contributed by atoms with E-state index in [4.69, 9.17) is 9.47 Å². The summed E-state index contributed by atoms with van der Waals surface area (Å²) < 4.78 is 10.5. The Balaban J connectivity index is 2.65. The van der Waals surface area contributed by atoms with Crippen molar-refractivity contribution in [2.45, 2.75) is 26.6 Å². The maximum Gasteiger partial charge on any atom is 0.340 e. The Morgan fingerprint density at radius 1 is 1.35 bits per heavy atom. The number of rotatable bonds is 6. The van der Waals surface area contributed by atoms with Crippen molar-refractivity contribution >= 4 is 12.0 Å². The molecule has 0 fully saturated rings. The van der Waals surface area contributed by atoms with Crippen molar-refractivity contribution in [2.75, 3.05) is 6.61 Å². The molecule has 17 heavy (non-hydrogen) atoms. The summed E-state index contributed by atoms with van der Waals surface area (Å²) in [6.45, 7) is 7.97. The van der Waals surface area contributed by atoms with Crippen molar-refractivity contribution in [1.29, 1.82) is 0 Å². The summed E-state index contributed by atoms with van der Waals surface area (Å²) in [5.74, 6) is -0.360. The van der Waals surface area contributed by atoms with Gasteiger partial charge in [0, 0.05) is 13.0 Å². The van der Waals surface area contributed by atoms with Gasteiger partial charge in [0.15, 0.2) is 0 Å². The van der Waals surface area contributed by atoms with E-state index in [2.05, 4.69) is 6.58 Å². The zero-order valence-electron chi connectivity index (χ0n) is 10.3. The average molecular weight is 234 g/mol. The number of ether oxygens (including phenoxy) is 2. The fraction of sp³-hybridized carbons (Fsp3) is 0.357. The molecule has 0 saturated heterocycles. The quantitative estimate of drug-likeness (QED) is 0.560. The summed E-state index contributed by atoms with van der Waals surface area (Å²) in [7, 11) is 0. The molecule has 0 saturated carbocycles. The molecule has 1 atom stereocenters. The minimum absolute atomic E-state index is 0.360. The largest absolute Gasteiger partial charge is 0.432 e. The number of hydrogen-bond donors (Lipinski definition) is 0. The van der Waals surface area contributed by atoms with Gasteiger partial charge in [-0.15, -0.1) is 0 Å². The van der Waals surface area contributed by atoms with Gasteiger partial charge in [0.2, 0.25) is 6.29 Å². The van der Waals surface area contributed by atoms with Crippen LogP contribution >= 0.6 is 0 Å². The van der Waals surface area contributed by atoms with Crippen LogP contribution in [0, 0.1) is 0 Å². The first-order valence-corrected chi connectivity index (χ1v) is 5.76.